The van der Waals surface area contributed by atoms with Gasteiger partial charge in [0.2, 0.25) is 0 Å². The van der Waals surface area contributed by atoms with Crippen LogP contribution >= 0.6 is 27.7 Å². The molecule has 2 unspecified atom stereocenters. The van der Waals surface area contributed by atoms with Crippen LogP contribution in [0.4, 0.5) is 0 Å². The monoisotopic (exact) mass is 331 g/mol. The van der Waals surface area contributed by atoms with E-state index in [1.165, 1.54) is 0 Å². The molecule has 0 aliphatic rings. The zero-order chi connectivity index (χ0) is 13.5. The van der Waals surface area contributed by atoms with Gasteiger partial charge in [-0.3, -0.25) is 0 Å². The van der Waals surface area contributed by atoms with Crippen LogP contribution in [0.5, 0.6) is 0 Å². The molecule has 0 bridgehead atoms. The van der Waals surface area contributed by atoms with Crippen LogP contribution in [0.1, 0.15) is 25.0 Å². The van der Waals surface area contributed by atoms with Crippen molar-refractivity contribution in [1.29, 1.82) is 0 Å². The van der Waals surface area contributed by atoms with Crippen LogP contribution in [-0.4, -0.2) is 41.6 Å². The van der Waals surface area contributed by atoms with E-state index >= 15 is 0 Å². The first-order valence-corrected chi connectivity index (χ1v) is 8.36. The van der Waals surface area contributed by atoms with Crippen LogP contribution in [0.3, 0.4) is 0 Å². The molecule has 0 aromatic heterocycles. The highest BCUT2D eigenvalue weighted by Crippen LogP contribution is 2.25. The summed E-state index contributed by atoms with van der Waals surface area (Å²) in [7, 11) is 2.12. The molecule has 1 rings (SSSR count). The molecule has 0 saturated heterocycles. The van der Waals surface area contributed by atoms with E-state index < -0.39 is 6.10 Å². The molecule has 0 saturated carbocycles. The zero-order valence-electron chi connectivity index (χ0n) is 11.3. The molecule has 0 fully saturated rings. The van der Waals surface area contributed by atoms with E-state index in [2.05, 4.69) is 41.1 Å². The van der Waals surface area contributed by atoms with Crippen molar-refractivity contribution in [3.8, 4) is 0 Å². The number of rotatable bonds is 7. The summed E-state index contributed by atoms with van der Waals surface area (Å²) in [5, 5.41) is 10.2. The lowest BCUT2D eigenvalue weighted by Crippen LogP contribution is -2.32. The summed E-state index contributed by atoms with van der Waals surface area (Å²) < 4.78 is 0.984. The van der Waals surface area contributed by atoms with E-state index in [1.807, 2.05) is 36.0 Å². The SMILES string of the molecule is CSCC(C)N(C)CCC(O)c1ccccc1Br. The Morgan fingerprint density at radius 3 is 2.67 bits per heavy atom. The number of aliphatic hydroxyl groups is 1. The van der Waals surface area contributed by atoms with Crippen molar-refractivity contribution in [3.63, 3.8) is 0 Å². The molecule has 0 radical (unpaired) electrons. The lowest BCUT2D eigenvalue weighted by molar-refractivity contribution is 0.141. The number of nitrogens with zero attached hydrogens (tertiary/aromatic N) is 1. The highest BCUT2D eigenvalue weighted by atomic mass is 79.9. The van der Waals surface area contributed by atoms with Crippen LogP contribution < -0.4 is 0 Å². The Hall–Kier alpha value is -0.0300. The van der Waals surface area contributed by atoms with Crippen LogP contribution in [0, 0.1) is 0 Å². The van der Waals surface area contributed by atoms with Crippen molar-refractivity contribution in [1.82, 2.24) is 4.90 Å². The maximum atomic E-state index is 10.2. The van der Waals surface area contributed by atoms with Crippen LogP contribution in [0.2, 0.25) is 0 Å². The van der Waals surface area contributed by atoms with Gasteiger partial charge in [-0.05, 0) is 38.3 Å². The van der Waals surface area contributed by atoms with E-state index in [0.29, 0.717) is 6.04 Å². The lowest BCUT2D eigenvalue weighted by Gasteiger charge is -2.25. The normalized spacial score (nSPS) is 14.8. The topological polar surface area (TPSA) is 23.5 Å². The second kappa shape index (κ2) is 8.20. The summed E-state index contributed by atoms with van der Waals surface area (Å²) in [6.07, 6.45) is 2.49. The highest BCUT2D eigenvalue weighted by Gasteiger charge is 2.14. The molecule has 0 aliphatic carbocycles. The lowest BCUT2D eigenvalue weighted by atomic mass is 10.1. The molecule has 1 aromatic rings. The maximum absolute atomic E-state index is 10.2. The number of benzene rings is 1. The minimum atomic E-state index is -0.399. The largest absolute Gasteiger partial charge is 0.388 e. The van der Waals surface area contributed by atoms with E-state index in [0.717, 1.165) is 28.8 Å². The summed E-state index contributed by atoms with van der Waals surface area (Å²) >= 11 is 5.34. The Bertz CT molecular complexity index is 361. The molecule has 2 nitrogen and oxygen atoms in total. The fourth-order valence-corrected chi connectivity index (χ4v) is 3.10. The average Bonchev–Trinajstić information content (AvgIpc) is 2.36. The van der Waals surface area contributed by atoms with Gasteiger partial charge in [0.25, 0.3) is 0 Å². The van der Waals surface area contributed by atoms with Gasteiger partial charge in [0, 0.05) is 22.8 Å². The summed E-state index contributed by atoms with van der Waals surface area (Å²) in [6, 6.07) is 8.42. The Kier molecular flexibility index (Phi) is 7.30. The summed E-state index contributed by atoms with van der Waals surface area (Å²) in [5.74, 6) is 1.13. The molecular formula is C14H22BrNOS. The predicted molar refractivity (Wildman–Crippen MR) is 84.2 cm³/mol. The minimum Gasteiger partial charge on any atom is -0.388 e. The molecule has 1 N–H and O–H groups in total. The molecule has 0 amide bonds. The van der Waals surface area contributed by atoms with Gasteiger partial charge >= 0.3 is 0 Å². The van der Waals surface area contributed by atoms with Crippen molar-refractivity contribution in [2.75, 3.05) is 25.6 Å². The zero-order valence-corrected chi connectivity index (χ0v) is 13.7. The highest BCUT2D eigenvalue weighted by molar-refractivity contribution is 9.10. The maximum Gasteiger partial charge on any atom is 0.0813 e. The molecule has 0 spiro atoms. The molecule has 4 heteroatoms. The molecule has 102 valence electrons. The molecule has 18 heavy (non-hydrogen) atoms. The predicted octanol–water partition coefficient (Wildman–Crippen LogP) is 3.56. The van der Waals surface area contributed by atoms with Gasteiger partial charge in [-0.2, -0.15) is 11.8 Å². The van der Waals surface area contributed by atoms with Crippen molar-refractivity contribution in [2.24, 2.45) is 0 Å². The molecule has 0 aliphatic heterocycles. The number of aliphatic hydroxyl groups excluding tert-OH is 1. The molecule has 1 aromatic carbocycles. The quantitative estimate of drug-likeness (QED) is 0.826. The van der Waals surface area contributed by atoms with Gasteiger partial charge in [0.15, 0.2) is 0 Å². The summed E-state index contributed by atoms with van der Waals surface area (Å²) in [6.45, 7) is 3.13. The summed E-state index contributed by atoms with van der Waals surface area (Å²) in [4.78, 5) is 2.30. The Labute approximate surface area is 123 Å². The Morgan fingerprint density at radius 2 is 2.06 bits per heavy atom. The number of hydrogen-bond donors (Lipinski definition) is 1. The van der Waals surface area contributed by atoms with Crippen LogP contribution in [-0.2, 0) is 0 Å². The van der Waals surface area contributed by atoms with Gasteiger partial charge in [-0.15, -0.1) is 0 Å². The van der Waals surface area contributed by atoms with Gasteiger partial charge in [-0.1, -0.05) is 34.1 Å². The third-order valence-corrected chi connectivity index (χ3v) is 4.72. The van der Waals surface area contributed by atoms with Gasteiger partial charge in [-0.25, -0.2) is 0 Å². The number of thioether (sulfide) groups is 1. The van der Waals surface area contributed by atoms with E-state index in [4.69, 9.17) is 0 Å². The average molecular weight is 332 g/mol. The molecule has 0 heterocycles. The van der Waals surface area contributed by atoms with Crippen molar-refractivity contribution >= 4 is 27.7 Å². The smallest absolute Gasteiger partial charge is 0.0813 e. The van der Waals surface area contributed by atoms with E-state index in [1.54, 1.807) is 0 Å². The fraction of sp³-hybridized carbons (Fsp3) is 0.571. The van der Waals surface area contributed by atoms with Crippen LogP contribution in [0.25, 0.3) is 0 Å². The minimum absolute atomic E-state index is 0.399. The van der Waals surface area contributed by atoms with Crippen molar-refractivity contribution < 1.29 is 5.11 Å². The third kappa shape index (κ3) is 4.92. The first-order valence-electron chi connectivity index (χ1n) is 6.18. The Morgan fingerprint density at radius 1 is 1.39 bits per heavy atom. The Balaban J connectivity index is 2.46. The molecular weight excluding hydrogens is 310 g/mol. The fourth-order valence-electron chi connectivity index (χ4n) is 1.82. The first kappa shape index (κ1) is 16.0. The van der Waals surface area contributed by atoms with E-state index in [9.17, 15) is 5.11 Å². The van der Waals surface area contributed by atoms with Crippen LogP contribution in [0.15, 0.2) is 28.7 Å². The van der Waals surface area contributed by atoms with Crippen molar-refractivity contribution in [2.45, 2.75) is 25.5 Å². The standard InChI is InChI=1S/C14H22BrNOS/c1-11(10-18-3)16(2)9-8-14(17)12-6-4-5-7-13(12)15/h4-7,11,14,17H,8-10H2,1-3H3. The van der Waals surface area contributed by atoms with Gasteiger partial charge in [0.1, 0.15) is 0 Å². The summed E-state index contributed by atoms with van der Waals surface area (Å²) in [5.41, 5.74) is 0.975. The number of hydrogen-bond acceptors (Lipinski definition) is 3. The second-order valence-electron chi connectivity index (χ2n) is 4.61. The van der Waals surface area contributed by atoms with Gasteiger partial charge < -0.3 is 10.0 Å². The number of halogens is 1. The van der Waals surface area contributed by atoms with Crippen molar-refractivity contribution in [3.05, 3.63) is 34.3 Å². The van der Waals surface area contributed by atoms with Gasteiger partial charge in [0.05, 0.1) is 6.10 Å². The van der Waals surface area contributed by atoms with E-state index in [-0.39, 0.29) is 0 Å². The third-order valence-electron chi connectivity index (χ3n) is 3.18. The second-order valence-corrected chi connectivity index (χ2v) is 6.38. The molecule has 2 atom stereocenters. The first-order chi connectivity index (χ1) is 8.56.